The maximum absolute atomic E-state index is 9.10. The molecule has 0 fully saturated rings. The van der Waals surface area contributed by atoms with Crippen LogP contribution >= 0.6 is 0 Å². The molecule has 2 aromatic rings. The van der Waals surface area contributed by atoms with Gasteiger partial charge in [-0.15, -0.1) is 0 Å². The van der Waals surface area contributed by atoms with E-state index in [2.05, 4.69) is 94.4 Å². The summed E-state index contributed by atoms with van der Waals surface area (Å²) in [5, 5.41) is 14.8. The Bertz CT molecular complexity index is 769. The normalized spacial score (nSPS) is 11.9. The number of hydrogen-bond acceptors (Lipinski definition) is 4. The average Bonchev–Trinajstić information content (AvgIpc) is 2.65. The lowest BCUT2D eigenvalue weighted by molar-refractivity contribution is -0.159. The van der Waals surface area contributed by atoms with Gasteiger partial charge in [-0.05, 0) is 36.7 Å². The van der Waals surface area contributed by atoms with Crippen molar-refractivity contribution in [3.8, 4) is 5.75 Å². The molecule has 0 saturated heterocycles. The summed E-state index contributed by atoms with van der Waals surface area (Å²) in [6, 6.07) is 18.9. The van der Waals surface area contributed by atoms with Gasteiger partial charge in [0, 0.05) is 13.0 Å². The van der Waals surface area contributed by atoms with Crippen molar-refractivity contribution in [3.05, 3.63) is 65.7 Å². The van der Waals surface area contributed by atoms with E-state index in [4.69, 9.17) is 24.5 Å². The number of nitrogens with zero attached hydrogens (tertiary/aromatic N) is 1. The van der Waals surface area contributed by atoms with Gasteiger partial charge in [0.25, 0.3) is 0 Å². The van der Waals surface area contributed by atoms with Crippen molar-refractivity contribution in [2.24, 2.45) is 0 Å². The number of ether oxygens (including phenoxy) is 1. The van der Waals surface area contributed by atoms with E-state index in [0.29, 0.717) is 0 Å². The molecule has 1 unspecified atom stereocenters. The number of hydrogen-bond donors (Lipinski definition) is 2. The van der Waals surface area contributed by atoms with Crippen LogP contribution in [0.2, 0.25) is 0 Å². The summed E-state index contributed by atoms with van der Waals surface area (Å²) >= 11 is 0. The van der Waals surface area contributed by atoms with E-state index < -0.39 is 11.9 Å². The van der Waals surface area contributed by atoms with Gasteiger partial charge in [-0.3, -0.25) is 0 Å². The third-order valence-electron chi connectivity index (χ3n) is 4.16. The second-order valence-corrected chi connectivity index (χ2v) is 7.97. The van der Waals surface area contributed by atoms with Crippen LogP contribution in [0.4, 0.5) is 0 Å². The summed E-state index contributed by atoms with van der Waals surface area (Å²) in [6.45, 7) is 7.68. The Morgan fingerprint density at radius 1 is 0.931 bits per heavy atom. The van der Waals surface area contributed by atoms with Crippen molar-refractivity contribution in [2.75, 3.05) is 20.6 Å². The first-order valence-corrected chi connectivity index (χ1v) is 9.44. The number of benzene rings is 2. The molecule has 2 N–H and O–H groups in total. The Kier molecular flexibility index (Phi) is 9.35. The molecule has 6 nitrogen and oxygen atoms in total. The molecule has 0 saturated carbocycles. The number of carboxylic acid groups (broad SMARTS) is 2. The first-order chi connectivity index (χ1) is 13.5. The van der Waals surface area contributed by atoms with E-state index in [-0.39, 0.29) is 11.5 Å². The second kappa shape index (κ2) is 11.2. The van der Waals surface area contributed by atoms with Crippen LogP contribution in [0.1, 0.15) is 44.4 Å². The average molecular weight is 402 g/mol. The SMILES string of the molecule is CN(C)CCC(Oc1ccccc1C(C)(C)C)c1ccccc1.O=C(O)C(=O)O. The minimum atomic E-state index is -1.82. The van der Waals surface area contributed by atoms with Crippen molar-refractivity contribution in [2.45, 2.75) is 38.7 Å². The van der Waals surface area contributed by atoms with Crippen molar-refractivity contribution in [1.29, 1.82) is 0 Å². The van der Waals surface area contributed by atoms with Gasteiger partial charge in [0.2, 0.25) is 0 Å². The van der Waals surface area contributed by atoms with Crippen LogP contribution in [0.3, 0.4) is 0 Å². The topological polar surface area (TPSA) is 87.1 Å². The fourth-order valence-electron chi connectivity index (χ4n) is 2.68. The van der Waals surface area contributed by atoms with Gasteiger partial charge in [0.1, 0.15) is 11.9 Å². The molecule has 29 heavy (non-hydrogen) atoms. The highest BCUT2D eigenvalue weighted by atomic mass is 16.5. The quantitative estimate of drug-likeness (QED) is 0.705. The third-order valence-corrected chi connectivity index (χ3v) is 4.16. The van der Waals surface area contributed by atoms with Gasteiger partial charge < -0.3 is 19.8 Å². The zero-order valence-corrected chi connectivity index (χ0v) is 17.8. The van der Waals surface area contributed by atoms with Gasteiger partial charge in [0.05, 0.1) is 0 Å². The molecule has 6 heteroatoms. The molecule has 0 aliphatic carbocycles. The molecule has 2 rings (SSSR count). The second-order valence-electron chi connectivity index (χ2n) is 7.97. The van der Waals surface area contributed by atoms with E-state index >= 15 is 0 Å². The Hall–Kier alpha value is -2.86. The van der Waals surface area contributed by atoms with Crippen LogP contribution in [0.25, 0.3) is 0 Å². The van der Waals surface area contributed by atoms with Crippen LogP contribution in [-0.4, -0.2) is 47.7 Å². The standard InChI is InChI=1S/C21H29NO.C2H2O4/c1-21(2,3)18-13-9-10-14-20(18)23-19(15-16-22(4)5)17-11-7-6-8-12-17;3-1(4)2(5)6/h6-14,19H,15-16H2,1-5H3;(H,3,4)(H,5,6). The number of carbonyl (C=O) groups is 2. The van der Waals surface area contributed by atoms with E-state index in [9.17, 15) is 0 Å². The molecule has 0 radical (unpaired) electrons. The Morgan fingerprint density at radius 2 is 1.45 bits per heavy atom. The van der Waals surface area contributed by atoms with Crippen LogP contribution in [-0.2, 0) is 15.0 Å². The molecular weight excluding hydrogens is 370 g/mol. The highest BCUT2D eigenvalue weighted by Crippen LogP contribution is 2.34. The molecule has 2 aromatic carbocycles. The number of carboxylic acids is 2. The lowest BCUT2D eigenvalue weighted by Gasteiger charge is -2.27. The lowest BCUT2D eigenvalue weighted by Crippen LogP contribution is -2.20. The summed E-state index contributed by atoms with van der Waals surface area (Å²) < 4.78 is 6.48. The Morgan fingerprint density at radius 3 is 1.93 bits per heavy atom. The molecule has 1 atom stereocenters. The summed E-state index contributed by atoms with van der Waals surface area (Å²) in [7, 11) is 4.20. The molecule has 0 spiro atoms. The zero-order chi connectivity index (χ0) is 22.0. The first kappa shape index (κ1) is 24.2. The molecule has 0 aliphatic heterocycles. The van der Waals surface area contributed by atoms with Crippen molar-refractivity contribution >= 4 is 11.9 Å². The highest BCUT2D eigenvalue weighted by Gasteiger charge is 2.21. The summed E-state index contributed by atoms with van der Waals surface area (Å²) in [5.74, 6) is -2.65. The number of para-hydroxylation sites is 1. The van der Waals surface area contributed by atoms with Crippen molar-refractivity contribution < 1.29 is 24.5 Å². The molecule has 0 heterocycles. The van der Waals surface area contributed by atoms with Gasteiger partial charge in [-0.1, -0.05) is 69.3 Å². The summed E-state index contributed by atoms with van der Waals surface area (Å²) in [5.41, 5.74) is 2.56. The predicted molar refractivity (Wildman–Crippen MR) is 113 cm³/mol. The minimum absolute atomic E-state index is 0.0688. The molecular formula is C23H31NO5. The Labute approximate surface area is 172 Å². The maximum atomic E-state index is 9.10. The monoisotopic (exact) mass is 401 g/mol. The lowest BCUT2D eigenvalue weighted by atomic mass is 9.86. The molecule has 158 valence electrons. The van der Waals surface area contributed by atoms with Crippen LogP contribution < -0.4 is 4.74 Å². The third kappa shape index (κ3) is 8.79. The van der Waals surface area contributed by atoms with Gasteiger partial charge in [-0.25, -0.2) is 9.59 Å². The van der Waals surface area contributed by atoms with Gasteiger partial charge in [-0.2, -0.15) is 0 Å². The predicted octanol–water partition coefficient (Wildman–Crippen LogP) is 4.21. The van der Waals surface area contributed by atoms with E-state index in [1.165, 1.54) is 11.1 Å². The fraction of sp³-hybridized carbons (Fsp3) is 0.391. The molecule has 0 amide bonds. The van der Waals surface area contributed by atoms with Crippen molar-refractivity contribution in [1.82, 2.24) is 4.90 Å². The van der Waals surface area contributed by atoms with Crippen LogP contribution in [0.5, 0.6) is 5.75 Å². The zero-order valence-electron chi connectivity index (χ0n) is 17.8. The maximum Gasteiger partial charge on any atom is 0.414 e. The molecule has 0 aliphatic rings. The van der Waals surface area contributed by atoms with Gasteiger partial charge in [0.15, 0.2) is 0 Å². The summed E-state index contributed by atoms with van der Waals surface area (Å²) in [4.78, 5) is 20.4. The number of rotatable bonds is 6. The Balaban J connectivity index is 0.000000612. The summed E-state index contributed by atoms with van der Waals surface area (Å²) in [6.07, 6.45) is 1.04. The molecule has 0 aromatic heterocycles. The van der Waals surface area contributed by atoms with E-state index in [1.807, 2.05) is 0 Å². The molecule has 0 bridgehead atoms. The largest absolute Gasteiger partial charge is 0.485 e. The first-order valence-electron chi connectivity index (χ1n) is 9.44. The van der Waals surface area contributed by atoms with E-state index in [0.717, 1.165) is 18.7 Å². The smallest absolute Gasteiger partial charge is 0.414 e. The van der Waals surface area contributed by atoms with Gasteiger partial charge >= 0.3 is 11.9 Å². The van der Waals surface area contributed by atoms with E-state index in [1.54, 1.807) is 0 Å². The minimum Gasteiger partial charge on any atom is -0.485 e. The highest BCUT2D eigenvalue weighted by molar-refractivity contribution is 6.27. The fourth-order valence-corrected chi connectivity index (χ4v) is 2.68. The van der Waals surface area contributed by atoms with Crippen LogP contribution in [0, 0.1) is 0 Å². The van der Waals surface area contributed by atoms with Crippen molar-refractivity contribution in [3.63, 3.8) is 0 Å². The number of aliphatic carboxylic acids is 2. The van der Waals surface area contributed by atoms with Crippen LogP contribution in [0.15, 0.2) is 54.6 Å².